The predicted molar refractivity (Wildman–Crippen MR) is 91.7 cm³/mol. The van der Waals surface area contributed by atoms with E-state index in [9.17, 15) is 0 Å². The van der Waals surface area contributed by atoms with E-state index in [2.05, 4.69) is 34.2 Å². The Kier molecular flexibility index (Phi) is 5.31. The molecule has 3 aromatic rings. The van der Waals surface area contributed by atoms with Crippen molar-refractivity contribution in [3.63, 3.8) is 0 Å². The van der Waals surface area contributed by atoms with E-state index in [1.165, 1.54) is 17.3 Å². The van der Waals surface area contributed by atoms with Crippen molar-refractivity contribution in [2.45, 2.75) is 30.2 Å². The van der Waals surface area contributed by atoms with Gasteiger partial charge in [0.25, 0.3) is 5.22 Å². The minimum atomic E-state index is 0.343. The van der Waals surface area contributed by atoms with Crippen molar-refractivity contribution in [1.29, 1.82) is 0 Å². The number of aromatic nitrogens is 3. The first-order valence-corrected chi connectivity index (χ1v) is 8.67. The number of halogens is 1. The molecule has 6 heteroatoms. The lowest BCUT2D eigenvalue weighted by atomic mass is 9.98. The van der Waals surface area contributed by atoms with Crippen LogP contribution in [0.4, 0.5) is 0 Å². The van der Waals surface area contributed by atoms with Gasteiger partial charge >= 0.3 is 0 Å². The molecule has 1 atom stereocenters. The number of hydrogen-bond donors (Lipinski definition) is 0. The number of hydrogen-bond acceptors (Lipinski definition) is 5. The number of thioether (sulfide) groups is 1. The van der Waals surface area contributed by atoms with Crippen molar-refractivity contribution in [3.05, 3.63) is 70.8 Å². The van der Waals surface area contributed by atoms with Gasteiger partial charge in [0.2, 0.25) is 5.89 Å². The van der Waals surface area contributed by atoms with Gasteiger partial charge in [-0.05, 0) is 23.1 Å². The van der Waals surface area contributed by atoms with E-state index in [-0.39, 0.29) is 0 Å². The van der Waals surface area contributed by atoms with Gasteiger partial charge in [-0.25, -0.2) is 4.98 Å². The van der Waals surface area contributed by atoms with Crippen molar-refractivity contribution in [2.24, 2.45) is 0 Å². The molecule has 0 saturated carbocycles. The zero-order chi connectivity index (χ0) is 16.1. The van der Waals surface area contributed by atoms with Crippen LogP contribution in [0.5, 0.6) is 0 Å². The Morgan fingerprint density at radius 1 is 1.13 bits per heavy atom. The fourth-order valence-electron chi connectivity index (χ4n) is 2.18. The SMILES string of the molecule is CC(Cc1nnc(SCc2ccc(Cl)nc2)o1)c1ccccc1. The summed E-state index contributed by atoms with van der Waals surface area (Å²) < 4.78 is 5.72. The van der Waals surface area contributed by atoms with Gasteiger partial charge in [0.05, 0.1) is 0 Å². The lowest BCUT2D eigenvalue weighted by molar-refractivity contribution is 0.404. The van der Waals surface area contributed by atoms with E-state index in [1.807, 2.05) is 24.3 Å². The van der Waals surface area contributed by atoms with Crippen LogP contribution in [0.25, 0.3) is 0 Å². The summed E-state index contributed by atoms with van der Waals surface area (Å²) in [5, 5.41) is 9.30. The van der Waals surface area contributed by atoms with E-state index < -0.39 is 0 Å². The highest BCUT2D eigenvalue weighted by molar-refractivity contribution is 7.98. The number of rotatable bonds is 6. The summed E-state index contributed by atoms with van der Waals surface area (Å²) in [6.07, 6.45) is 2.49. The van der Waals surface area contributed by atoms with Crippen molar-refractivity contribution in [2.75, 3.05) is 0 Å². The van der Waals surface area contributed by atoms with E-state index in [1.54, 1.807) is 12.3 Å². The molecule has 4 nitrogen and oxygen atoms in total. The molecule has 3 rings (SSSR count). The molecule has 0 bridgehead atoms. The van der Waals surface area contributed by atoms with Gasteiger partial charge in [-0.15, -0.1) is 10.2 Å². The molecule has 0 aliphatic heterocycles. The van der Waals surface area contributed by atoms with Gasteiger partial charge in [0, 0.05) is 18.4 Å². The Morgan fingerprint density at radius 3 is 2.70 bits per heavy atom. The van der Waals surface area contributed by atoms with Gasteiger partial charge in [-0.3, -0.25) is 0 Å². The second-order valence-corrected chi connectivity index (χ2v) is 6.57. The van der Waals surface area contributed by atoms with Gasteiger partial charge in [-0.1, -0.05) is 66.7 Å². The van der Waals surface area contributed by atoms with Crippen LogP contribution in [-0.2, 0) is 12.2 Å². The minimum Gasteiger partial charge on any atom is -0.416 e. The molecule has 1 unspecified atom stereocenters. The maximum Gasteiger partial charge on any atom is 0.276 e. The molecule has 2 aromatic heterocycles. The summed E-state index contributed by atoms with van der Waals surface area (Å²) in [6.45, 7) is 2.16. The van der Waals surface area contributed by atoms with Crippen LogP contribution < -0.4 is 0 Å². The molecule has 0 radical (unpaired) electrons. The standard InChI is InChI=1S/C17H16ClN3OS/c1-12(14-5-3-2-4-6-14)9-16-20-21-17(22-16)23-11-13-7-8-15(18)19-10-13/h2-8,10,12H,9,11H2,1H3. The molecule has 0 fully saturated rings. The summed E-state index contributed by atoms with van der Waals surface area (Å²) in [6, 6.07) is 14.1. The highest BCUT2D eigenvalue weighted by Crippen LogP contribution is 2.24. The average molecular weight is 346 g/mol. The Hall–Kier alpha value is -1.85. The first kappa shape index (κ1) is 16.0. The number of pyridine rings is 1. The van der Waals surface area contributed by atoms with Crippen molar-refractivity contribution >= 4 is 23.4 Å². The highest BCUT2D eigenvalue weighted by Gasteiger charge is 2.12. The Labute approximate surface area is 144 Å². The fourth-order valence-corrected chi connectivity index (χ4v) is 3.00. The van der Waals surface area contributed by atoms with Crippen molar-refractivity contribution < 1.29 is 4.42 Å². The van der Waals surface area contributed by atoms with E-state index in [0.29, 0.717) is 22.2 Å². The Morgan fingerprint density at radius 2 is 1.96 bits per heavy atom. The third-order valence-electron chi connectivity index (χ3n) is 3.45. The maximum absolute atomic E-state index is 5.77. The van der Waals surface area contributed by atoms with Crippen LogP contribution in [0.15, 0.2) is 58.3 Å². The molecule has 118 valence electrons. The molecule has 0 aliphatic carbocycles. The molecule has 0 N–H and O–H groups in total. The first-order valence-electron chi connectivity index (χ1n) is 7.31. The largest absolute Gasteiger partial charge is 0.416 e. The zero-order valence-corrected chi connectivity index (χ0v) is 14.2. The van der Waals surface area contributed by atoms with Crippen molar-refractivity contribution in [1.82, 2.24) is 15.2 Å². The molecule has 0 saturated heterocycles. The zero-order valence-electron chi connectivity index (χ0n) is 12.6. The molecular formula is C17H16ClN3OS. The molecule has 0 aliphatic rings. The van der Waals surface area contributed by atoms with Gasteiger partial charge in [0.15, 0.2) is 0 Å². The quantitative estimate of drug-likeness (QED) is 0.476. The summed E-state index contributed by atoms with van der Waals surface area (Å²) in [7, 11) is 0. The van der Waals surface area contributed by atoms with E-state index in [4.69, 9.17) is 16.0 Å². The Balaban J connectivity index is 1.56. The van der Waals surface area contributed by atoms with Gasteiger partial charge in [-0.2, -0.15) is 0 Å². The highest BCUT2D eigenvalue weighted by atomic mass is 35.5. The molecule has 0 amide bonds. The molecule has 2 heterocycles. The summed E-state index contributed by atoms with van der Waals surface area (Å²) in [5.41, 5.74) is 2.34. The van der Waals surface area contributed by atoms with Crippen LogP contribution in [-0.4, -0.2) is 15.2 Å². The van der Waals surface area contributed by atoms with Crippen LogP contribution in [0, 0.1) is 0 Å². The van der Waals surface area contributed by atoms with Crippen LogP contribution in [0.3, 0.4) is 0 Å². The van der Waals surface area contributed by atoms with Gasteiger partial charge < -0.3 is 4.42 Å². The van der Waals surface area contributed by atoms with E-state index in [0.717, 1.165) is 17.7 Å². The summed E-state index contributed by atoms with van der Waals surface area (Å²) in [4.78, 5) is 4.06. The third-order valence-corrected chi connectivity index (χ3v) is 4.56. The third kappa shape index (κ3) is 4.56. The minimum absolute atomic E-state index is 0.343. The van der Waals surface area contributed by atoms with Gasteiger partial charge in [0.1, 0.15) is 5.15 Å². The second kappa shape index (κ2) is 7.62. The molecular weight excluding hydrogens is 330 g/mol. The van der Waals surface area contributed by atoms with Crippen LogP contribution in [0.1, 0.15) is 29.9 Å². The van der Waals surface area contributed by atoms with E-state index >= 15 is 0 Å². The summed E-state index contributed by atoms with van der Waals surface area (Å²) in [5.74, 6) is 1.73. The monoisotopic (exact) mass is 345 g/mol. The second-order valence-electron chi connectivity index (χ2n) is 5.26. The molecule has 23 heavy (non-hydrogen) atoms. The topological polar surface area (TPSA) is 51.8 Å². The normalized spacial score (nSPS) is 12.3. The fraction of sp³-hybridized carbons (Fsp3) is 0.235. The average Bonchev–Trinajstić information content (AvgIpc) is 3.02. The predicted octanol–water partition coefficient (Wildman–Crippen LogP) is 4.76. The maximum atomic E-state index is 5.77. The van der Waals surface area contributed by atoms with Crippen LogP contribution in [0.2, 0.25) is 5.15 Å². The molecule has 0 spiro atoms. The lowest BCUT2D eigenvalue weighted by Gasteiger charge is -2.08. The number of nitrogens with zero attached hydrogens (tertiary/aromatic N) is 3. The summed E-state index contributed by atoms with van der Waals surface area (Å²) >= 11 is 7.27. The van der Waals surface area contributed by atoms with Crippen molar-refractivity contribution in [3.8, 4) is 0 Å². The Bertz CT molecular complexity index is 746. The lowest BCUT2D eigenvalue weighted by Crippen LogP contribution is -1.98. The first-order chi connectivity index (χ1) is 11.2. The van der Waals surface area contributed by atoms with Crippen LogP contribution >= 0.6 is 23.4 Å². The molecule has 1 aromatic carbocycles. The number of benzene rings is 1. The smallest absolute Gasteiger partial charge is 0.276 e.